The highest BCUT2D eigenvalue weighted by atomic mass is 16.1. The number of carbonyl (C=O) groups is 1. The van der Waals surface area contributed by atoms with E-state index < -0.39 is 0 Å². The Labute approximate surface area is 143 Å². The van der Waals surface area contributed by atoms with E-state index in [4.69, 9.17) is 4.98 Å². The summed E-state index contributed by atoms with van der Waals surface area (Å²) in [6.45, 7) is 10.3. The van der Waals surface area contributed by atoms with Crippen LogP contribution in [-0.4, -0.2) is 28.8 Å². The fourth-order valence-corrected chi connectivity index (χ4v) is 4.46. The highest BCUT2D eigenvalue weighted by Gasteiger charge is 2.56. The van der Waals surface area contributed by atoms with E-state index in [1.54, 1.807) is 0 Å². The van der Waals surface area contributed by atoms with Crippen LogP contribution in [0.2, 0.25) is 0 Å². The third-order valence-corrected chi connectivity index (χ3v) is 5.76. The standard InChI is InChI=1S/C20H25N3O/c1-11-6-5-7-13-18(11)22-12(2)23-19(13)20(3,4)8-16(24)17-14-9-21-10-15(14)17/h5-7,14-15,17,21H,8-10H2,1-4H3/t14-,15+,17?. The molecule has 4 heteroatoms. The third kappa shape index (κ3) is 2.44. The van der Waals surface area contributed by atoms with Gasteiger partial charge in [0.2, 0.25) is 0 Å². The van der Waals surface area contributed by atoms with Gasteiger partial charge in [-0.15, -0.1) is 0 Å². The highest BCUT2D eigenvalue weighted by Crippen LogP contribution is 2.50. The Morgan fingerprint density at radius 2 is 1.92 bits per heavy atom. The molecule has 1 aromatic heterocycles. The Morgan fingerprint density at radius 1 is 1.21 bits per heavy atom. The number of fused-ring (bicyclic) bond motifs is 2. The number of nitrogens with zero attached hydrogens (tertiary/aromatic N) is 2. The van der Waals surface area contributed by atoms with E-state index in [0.717, 1.165) is 41.1 Å². The first kappa shape index (κ1) is 15.7. The van der Waals surface area contributed by atoms with Gasteiger partial charge in [0.25, 0.3) is 0 Å². The maximum absolute atomic E-state index is 12.8. The molecule has 3 atom stereocenters. The van der Waals surface area contributed by atoms with Crippen LogP contribution >= 0.6 is 0 Å². The molecule has 0 radical (unpaired) electrons. The zero-order valence-electron chi connectivity index (χ0n) is 14.9. The molecule has 1 aliphatic carbocycles. The van der Waals surface area contributed by atoms with Crippen LogP contribution in [0.4, 0.5) is 0 Å². The Balaban J connectivity index is 1.68. The number of rotatable bonds is 4. The molecule has 2 aromatic rings. The molecule has 2 fully saturated rings. The number of hydrogen-bond acceptors (Lipinski definition) is 4. The van der Waals surface area contributed by atoms with Gasteiger partial charge in [-0.25, -0.2) is 9.97 Å². The number of aryl methyl sites for hydroxylation is 2. The molecule has 1 unspecified atom stereocenters. The summed E-state index contributed by atoms with van der Waals surface area (Å²) >= 11 is 0. The van der Waals surface area contributed by atoms with Gasteiger partial charge in [0.1, 0.15) is 11.6 Å². The monoisotopic (exact) mass is 323 g/mol. The lowest BCUT2D eigenvalue weighted by Crippen LogP contribution is -2.27. The van der Waals surface area contributed by atoms with E-state index >= 15 is 0 Å². The first-order chi connectivity index (χ1) is 11.4. The maximum atomic E-state index is 12.8. The van der Waals surface area contributed by atoms with Crippen molar-refractivity contribution in [1.29, 1.82) is 0 Å². The molecule has 0 amide bonds. The fraction of sp³-hybridized carbons (Fsp3) is 0.550. The number of carbonyl (C=O) groups excluding carboxylic acids is 1. The number of aromatic nitrogens is 2. The quantitative estimate of drug-likeness (QED) is 0.940. The largest absolute Gasteiger partial charge is 0.316 e. The van der Waals surface area contributed by atoms with Crippen molar-refractivity contribution in [3.63, 3.8) is 0 Å². The Hall–Kier alpha value is -1.81. The summed E-state index contributed by atoms with van der Waals surface area (Å²) in [4.78, 5) is 22.2. The fourth-order valence-electron chi connectivity index (χ4n) is 4.46. The minimum absolute atomic E-state index is 0.277. The summed E-state index contributed by atoms with van der Waals surface area (Å²) in [5, 5.41) is 4.45. The second-order valence-electron chi connectivity index (χ2n) is 8.13. The molecule has 1 aliphatic heterocycles. The molecule has 126 valence electrons. The van der Waals surface area contributed by atoms with Crippen molar-refractivity contribution < 1.29 is 4.79 Å². The Kier molecular flexibility index (Phi) is 3.50. The number of hydrogen-bond donors (Lipinski definition) is 1. The second kappa shape index (κ2) is 5.35. The molecule has 1 saturated carbocycles. The molecule has 4 rings (SSSR count). The van der Waals surface area contributed by atoms with Gasteiger partial charge >= 0.3 is 0 Å². The average Bonchev–Trinajstić information content (AvgIpc) is 3.01. The number of piperidine rings is 1. The summed E-state index contributed by atoms with van der Waals surface area (Å²) in [6.07, 6.45) is 0.560. The first-order valence-corrected chi connectivity index (χ1v) is 8.86. The lowest BCUT2D eigenvalue weighted by Gasteiger charge is -2.26. The molecule has 1 N–H and O–H groups in total. The van der Waals surface area contributed by atoms with Gasteiger partial charge in [-0.05, 0) is 44.3 Å². The molecule has 24 heavy (non-hydrogen) atoms. The maximum Gasteiger partial charge on any atom is 0.137 e. The van der Waals surface area contributed by atoms with Crippen LogP contribution < -0.4 is 5.32 Å². The summed E-state index contributed by atoms with van der Waals surface area (Å²) in [5.41, 5.74) is 2.89. The predicted octanol–water partition coefficient (Wildman–Crippen LogP) is 2.95. The van der Waals surface area contributed by atoms with Crippen LogP contribution in [0.3, 0.4) is 0 Å². The van der Waals surface area contributed by atoms with Crippen molar-refractivity contribution in [3.05, 3.63) is 35.3 Å². The smallest absolute Gasteiger partial charge is 0.137 e. The van der Waals surface area contributed by atoms with E-state index in [9.17, 15) is 4.79 Å². The third-order valence-electron chi connectivity index (χ3n) is 5.76. The highest BCUT2D eigenvalue weighted by molar-refractivity contribution is 5.88. The number of nitrogens with one attached hydrogen (secondary N) is 1. The van der Waals surface area contributed by atoms with E-state index in [2.05, 4.69) is 49.3 Å². The van der Waals surface area contributed by atoms with Crippen molar-refractivity contribution >= 4 is 16.7 Å². The van der Waals surface area contributed by atoms with Gasteiger partial charge in [-0.3, -0.25) is 4.79 Å². The number of Topliss-reactive ketones (excluding diaryl/α,β-unsaturated/α-hetero) is 1. The summed E-state index contributed by atoms with van der Waals surface area (Å²) < 4.78 is 0. The molecular weight excluding hydrogens is 298 g/mol. The van der Waals surface area contributed by atoms with Crippen LogP contribution in [-0.2, 0) is 10.2 Å². The predicted molar refractivity (Wildman–Crippen MR) is 95.0 cm³/mol. The van der Waals surface area contributed by atoms with E-state index in [1.165, 1.54) is 0 Å². The molecule has 2 heterocycles. The van der Waals surface area contributed by atoms with Crippen molar-refractivity contribution in [1.82, 2.24) is 15.3 Å². The van der Waals surface area contributed by atoms with Crippen LogP contribution in [0.5, 0.6) is 0 Å². The summed E-state index contributed by atoms with van der Waals surface area (Å²) in [6, 6.07) is 6.21. The molecule has 0 bridgehead atoms. The second-order valence-corrected chi connectivity index (χ2v) is 8.13. The van der Waals surface area contributed by atoms with Crippen LogP contribution in [0, 0.1) is 31.6 Å². The Morgan fingerprint density at radius 3 is 2.62 bits per heavy atom. The molecule has 4 nitrogen and oxygen atoms in total. The van der Waals surface area contributed by atoms with Crippen LogP contribution in [0.1, 0.15) is 37.4 Å². The zero-order chi connectivity index (χ0) is 17.1. The van der Waals surface area contributed by atoms with Gasteiger partial charge in [-0.2, -0.15) is 0 Å². The van der Waals surface area contributed by atoms with Gasteiger partial charge in [0.05, 0.1) is 11.2 Å². The van der Waals surface area contributed by atoms with Gasteiger partial charge < -0.3 is 5.32 Å². The molecule has 0 spiro atoms. The topological polar surface area (TPSA) is 54.9 Å². The normalized spacial score (nSPS) is 25.8. The van der Waals surface area contributed by atoms with E-state index in [1.807, 2.05) is 6.92 Å². The van der Waals surface area contributed by atoms with E-state index in [-0.39, 0.29) is 11.3 Å². The Bertz CT molecular complexity index is 817. The van der Waals surface area contributed by atoms with Crippen molar-refractivity contribution in [2.24, 2.45) is 17.8 Å². The van der Waals surface area contributed by atoms with Crippen molar-refractivity contribution in [2.45, 2.75) is 39.5 Å². The zero-order valence-corrected chi connectivity index (χ0v) is 14.9. The minimum Gasteiger partial charge on any atom is -0.316 e. The van der Waals surface area contributed by atoms with E-state index in [0.29, 0.717) is 24.0 Å². The molecular formula is C20H25N3O. The SMILES string of the molecule is Cc1nc(C(C)(C)CC(=O)C2[C@H]3CNC[C@@H]23)c2cccc(C)c2n1. The van der Waals surface area contributed by atoms with Gasteiger partial charge in [0.15, 0.2) is 0 Å². The van der Waals surface area contributed by atoms with Crippen LogP contribution in [0.15, 0.2) is 18.2 Å². The lowest BCUT2D eigenvalue weighted by atomic mass is 9.80. The average molecular weight is 323 g/mol. The van der Waals surface area contributed by atoms with Crippen LogP contribution in [0.25, 0.3) is 10.9 Å². The lowest BCUT2D eigenvalue weighted by molar-refractivity contribution is -0.122. The molecule has 1 saturated heterocycles. The molecule has 2 aliphatic rings. The summed E-state index contributed by atoms with van der Waals surface area (Å²) in [5.74, 6) is 2.63. The minimum atomic E-state index is -0.277. The number of para-hydroxylation sites is 1. The van der Waals surface area contributed by atoms with Gasteiger partial charge in [0, 0.05) is 23.1 Å². The van der Waals surface area contributed by atoms with Crippen molar-refractivity contribution in [2.75, 3.05) is 13.1 Å². The van der Waals surface area contributed by atoms with Crippen molar-refractivity contribution in [3.8, 4) is 0 Å². The first-order valence-electron chi connectivity index (χ1n) is 8.86. The number of benzene rings is 1. The summed E-state index contributed by atoms with van der Waals surface area (Å²) in [7, 11) is 0. The van der Waals surface area contributed by atoms with Gasteiger partial charge in [-0.1, -0.05) is 32.0 Å². The number of ketones is 1. The molecule has 1 aromatic carbocycles.